The number of carbonyl (C=O) groups excluding carboxylic acids is 2. The molecule has 0 bridgehead atoms. The molecule has 0 fully saturated rings. The van der Waals surface area contributed by atoms with E-state index in [0.717, 1.165) is 30.0 Å². The number of aromatic nitrogens is 3. The maximum Gasteiger partial charge on any atom is 0.573 e. The summed E-state index contributed by atoms with van der Waals surface area (Å²) in [6.45, 7) is 0. The Balaban J connectivity index is 1.35. The highest BCUT2D eigenvalue weighted by Gasteiger charge is 2.31. The number of nitrogens with one attached hydrogen (secondary N) is 2. The average Bonchev–Trinajstić information content (AvgIpc) is 3.32. The van der Waals surface area contributed by atoms with Crippen molar-refractivity contribution in [3.63, 3.8) is 0 Å². The Morgan fingerprint density at radius 3 is 2.58 bits per heavy atom. The van der Waals surface area contributed by atoms with Crippen LogP contribution in [0.3, 0.4) is 0 Å². The number of allylic oxidation sites excluding steroid dienone is 3. The Hall–Kier alpha value is -4.46. The lowest BCUT2D eigenvalue weighted by Gasteiger charge is -2.10. The van der Waals surface area contributed by atoms with Crippen LogP contribution in [0.25, 0.3) is 0 Å². The Kier molecular flexibility index (Phi) is 11.0. The third-order valence-corrected chi connectivity index (χ3v) is 6.04. The fraction of sp³-hybridized carbons (Fsp3) is 0.269. The Morgan fingerprint density at radius 1 is 1.00 bits per heavy atom. The molecule has 0 unspecified atom stereocenters. The summed E-state index contributed by atoms with van der Waals surface area (Å²) in [6.07, 6.45) is 2.60. The number of nitrogens with zero attached hydrogens (tertiary/aromatic N) is 3. The Labute approximate surface area is 232 Å². The highest BCUT2D eigenvalue weighted by atomic mass is 32.1. The summed E-state index contributed by atoms with van der Waals surface area (Å²) >= 11 is 1.31. The van der Waals surface area contributed by atoms with Crippen molar-refractivity contribution in [1.29, 1.82) is 0 Å². The zero-order valence-electron chi connectivity index (χ0n) is 21.3. The van der Waals surface area contributed by atoms with Crippen LogP contribution in [0.4, 0.5) is 18.3 Å². The molecule has 10 nitrogen and oxygen atoms in total. The number of ether oxygens (including phenoxy) is 1. The van der Waals surface area contributed by atoms with Gasteiger partial charge in [0, 0.05) is 24.0 Å². The van der Waals surface area contributed by atoms with E-state index in [1.165, 1.54) is 29.5 Å². The molecule has 212 valence electrons. The second-order valence-electron chi connectivity index (χ2n) is 8.54. The highest BCUT2D eigenvalue weighted by molar-refractivity contribution is 7.15. The number of hydrogen-bond donors (Lipinski definition) is 4. The molecule has 3 aromatic rings. The quantitative estimate of drug-likeness (QED) is 0.177. The number of rotatable bonds is 13. The molecule has 40 heavy (non-hydrogen) atoms. The summed E-state index contributed by atoms with van der Waals surface area (Å²) in [5.41, 5.74) is 13.4. The first kappa shape index (κ1) is 30.1. The van der Waals surface area contributed by atoms with E-state index in [1.807, 2.05) is 6.07 Å². The zero-order chi connectivity index (χ0) is 29.0. The van der Waals surface area contributed by atoms with E-state index in [2.05, 4.69) is 30.6 Å². The number of pyridine rings is 1. The van der Waals surface area contributed by atoms with E-state index in [-0.39, 0.29) is 24.6 Å². The van der Waals surface area contributed by atoms with E-state index in [1.54, 1.807) is 24.4 Å². The standard InChI is InChI=1S/C26H28F3N7O3S/c27-26(28,29)39-20-9-5-6-17(14-20)15-22(37)33-21(31)12-11-18(30)7-1-2-10-24-35-36-25(40-24)34-23(38)16-19-8-3-4-13-32-19/h3-6,8-9,11-14H,1-2,7,10,15-16,30-31H2,(H,33,37)(H,34,36,38)/b18-11-,21-12+. The molecule has 0 aliphatic heterocycles. The summed E-state index contributed by atoms with van der Waals surface area (Å²) < 4.78 is 41.0. The topological polar surface area (TPSA) is 158 Å². The predicted molar refractivity (Wildman–Crippen MR) is 144 cm³/mol. The lowest BCUT2D eigenvalue weighted by atomic mass is 10.1. The van der Waals surface area contributed by atoms with Gasteiger partial charge in [-0.1, -0.05) is 29.5 Å². The van der Waals surface area contributed by atoms with Crippen LogP contribution in [0.1, 0.15) is 35.5 Å². The van der Waals surface area contributed by atoms with Crippen molar-refractivity contribution >= 4 is 28.3 Å². The van der Waals surface area contributed by atoms with Gasteiger partial charge in [-0.2, -0.15) is 0 Å². The molecule has 0 spiro atoms. The molecule has 0 atom stereocenters. The van der Waals surface area contributed by atoms with Crippen molar-refractivity contribution in [2.24, 2.45) is 11.5 Å². The van der Waals surface area contributed by atoms with Crippen molar-refractivity contribution in [2.45, 2.75) is 44.9 Å². The van der Waals surface area contributed by atoms with Gasteiger partial charge in [-0.3, -0.25) is 14.6 Å². The van der Waals surface area contributed by atoms with E-state index in [0.29, 0.717) is 34.9 Å². The maximum atomic E-state index is 12.4. The van der Waals surface area contributed by atoms with Crippen molar-refractivity contribution < 1.29 is 27.5 Å². The van der Waals surface area contributed by atoms with E-state index in [4.69, 9.17) is 11.5 Å². The SMILES string of the molecule is N/C(=C\C=C(/N)NC(=O)Cc1cccc(OC(F)(F)F)c1)CCCCc1nnc(NC(=O)Cc2ccccn2)s1. The van der Waals surface area contributed by atoms with Gasteiger partial charge in [0.2, 0.25) is 16.9 Å². The third-order valence-electron chi connectivity index (χ3n) is 5.14. The van der Waals surface area contributed by atoms with Crippen LogP contribution in [0.2, 0.25) is 0 Å². The monoisotopic (exact) mass is 575 g/mol. The molecule has 2 aromatic heterocycles. The second-order valence-corrected chi connectivity index (χ2v) is 9.60. The summed E-state index contributed by atoms with van der Waals surface area (Å²) in [7, 11) is 0. The molecule has 2 heterocycles. The molecular formula is C26H28F3N7O3S. The van der Waals surface area contributed by atoms with Crippen molar-refractivity contribution in [1.82, 2.24) is 20.5 Å². The molecule has 1 aromatic carbocycles. The molecule has 0 radical (unpaired) electrons. The summed E-state index contributed by atoms with van der Waals surface area (Å²) in [4.78, 5) is 28.4. The van der Waals surface area contributed by atoms with Crippen LogP contribution in [-0.2, 0) is 28.9 Å². The maximum absolute atomic E-state index is 12.4. The average molecular weight is 576 g/mol. The largest absolute Gasteiger partial charge is 0.573 e. The molecule has 2 amide bonds. The Morgan fingerprint density at radius 2 is 1.82 bits per heavy atom. The molecular weight excluding hydrogens is 547 g/mol. The van der Waals surface area contributed by atoms with Gasteiger partial charge in [0.15, 0.2) is 0 Å². The number of anilines is 1. The fourth-order valence-corrected chi connectivity index (χ4v) is 4.20. The number of benzene rings is 1. The number of unbranched alkanes of at least 4 members (excludes halogenated alkanes) is 1. The van der Waals surface area contributed by atoms with Gasteiger partial charge in [-0.15, -0.1) is 23.4 Å². The van der Waals surface area contributed by atoms with Gasteiger partial charge in [0.05, 0.1) is 12.8 Å². The van der Waals surface area contributed by atoms with Gasteiger partial charge < -0.3 is 26.8 Å². The molecule has 0 saturated carbocycles. The van der Waals surface area contributed by atoms with E-state index < -0.39 is 18.0 Å². The predicted octanol–water partition coefficient (Wildman–Crippen LogP) is 3.73. The minimum atomic E-state index is -4.82. The van der Waals surface area contributed by atoms with Crippen LogP contribution in [0.5, 0.6) is 5.75 Å². The lowest BCUT2D eigenvalue weighted by molar-refractivity contribution is -0.274. The number of amides is 2. The van der Waals surface area contributed by atoms with Gasteiger partial charge in [0.1, 0.15) is 16.6 Å². The second kappa shape index (κ2) is 14.6. The van der Waals surface area contributed by atoms with Gasteiger partial charge in [-0.25, -0.2) is 0 Å². The van der Waals surface area contributed by atoms with Crippen LogP contribution in [0.15, 0.2) is 72.3 Å². The Bertz CT molecular complexity index is 1340. The number of nitrogens with two attached hydrogens (primary N) is 2. The first-order valence-electron chi connectivity index (χ1n) is 12.1. The first-order chi connectivity index (χ1) is 19.1. The molecule has 14 heteroatoms. The minimum Gasteiger partial charge on any atom is -0.406 e. The number of carbonyl (C=O) groups is 2. The number of aryl methyl sites for hydroxylation is 1. The first-order valence-corrected chi connectivity index (χ1v) is 13.0. The third kappa shape index (κ3) is 11.5. The van der Waals surface area contributed by atoms with E-state index >= 15 is 0 Å². The van der Waals surface area contributed by atoms with Crippen LogP contribution in [0, 0.1) is 0 Å². The summed E-state index contributed by atoms with van der Waals surface area (Å²) in [5.74, 6) is -1.09. The molecule has 0 aliphatic carbocycles. The smallest absolute Gasteiger partial charge is 0.406 e. The minimum absolute atomic E-state index is 0.0436. The van der Waals surface area contributed by atoms with Crippen LogP contribution in [-0.4, -0.2) is 33.4 Å². The van der Waals surface area contributed by atoms with Crippen molar-refractivity contribution in [2.75, 3.05) is 5.32 Å². The molecule has 6 N–H and O–H groups in total. The van der Waals surface area contributed by atoms with Crippen molar-refractivity contribution in [3.8, 4) is 5.75 Å². The highest BCUT2D eigenvalue weighted by Crippen LogP contribution is 2.23. The van der Waals surface area contributed by atoms with Crippen LogP contribution >= 0.6 is 11.3 Å². The number of alkyl halides is 3. The lowest BCUT2D eigenvalue weighted by Crippen LogP contribution is -2.28. The molecule has 0 aliphatic rings. The zero-order valence-corrected chi connectivity index (χ0v) is 22.1. The number of halogens is 3. The summed E-state index contributed by atoms with van der Waals surface area (Å²) in [6, 6.07) is 10.5. The van der Waals surface area contributed by atoms with Gasteiger partial charge >= 0.3 is 6.36 Å². The number of hydrogen-bond acceptors (Lipinski definition) is 9. The molecule has 0 saturated heterocycles. The van der Waals surface area contributed by atoms with Gasteiger partial charge in [-0.05, 0) is 61.2 Å². The molecule has 3 rings (SSSR count). The summed E-state index contributed by atoms with van der Waals surface area (Å²) in [5, 5.41) is 14.5. The fourth-order valence-electron chi connectivity index (χ4n) is 3.41. The van der Waals surface area contributed by atoms with Crippen molar-refractivity contribution in [3.05, 3.63) is 88.6 Å². The van der Waals surface area contributed by atoms with E-state index in [9.17, 15) is 22.8 Å². The normalized spacial score (nSPS) is 12.2. The van der Waals surface area contributed by atoms with Crippen LogP contribution < -0.4 is 26.8 Å². The van der Waals surface area contributed by atoms with Gasteiger partial charge in [0.25, 0.3) is 0 Å².